The van der Waals surface area contributed by atoms with Crippen LogP contribution >= 0.6 is 0 Å². The number of hydrogen-bond acceptors (Lipinski definition) is 2. The summed E-state index contributed by atoms with van der Waals surface area (Å²) >= 11 is 0. The fraction of sp³-hybridized carbons (Fsp3) is 0.350. The summed E-state index contributed by atoms with van der Waals surface area (Å²) in [6.45, 7) is 4.60. The molecule has 0 aliphatic carbocycles. The minimum absolute atomic E-state index is 0.139. The van der Waals surface area contributed by atoms with Gasteiger partial charge in [0.1, 0.15) is 5.82 Å². The molecule has 5 heteroatoms. The van der Waals surface area contributed by atoms with E-state index in [1.165, 1.54) is 12.1 Å². The normalized spacial score (nSPS) is 21.2. The van der Waals surface area contributed by atoms with E-state index >= 15 is 0 Å². The van der Waals surface area contributed by atoms with Crippen molar-refractivity contribution in [3.63, 3.8) is 0 Å². The van der Waals surface area contributed by atoms with Crippen LogP contribution in [0.3, 0.4) is 0 Å². The average molecular weight is 342 g/mol. The topological polar surface area (TPSA) is 52.6 Å². The lowest BCUT2D eigenvalue weighted by molar-refractivity contribution is 0.0717. The third kappa shape index (κ3) is 4.17. The number of amides is 2. The van der Waals surface area contributed by atoms with Gasteiger partial charge >= 0.3 is 6.03 Å². The van der Waals surface area contributed by atoms with Crippen molar-refractivity contribution in [1.29, 1.82) is 0 Å². The highest BCUT2D eigenvalue weighted by Crippen LogP contribution is 2.24. The molecule has 1 fully saturated rings. The molecule has 2 N–H and O–H groups in total. The van der Waals surface area contributed by atoms with Crippen molar-refractivity contribution in [3.8, 4) is 11.1 Å². The number of urea groups is 1. The summed E-state index contributed by atoms with van der Waals surface area (Å²) in [5.41, 5.74) is 2.14. The Balaban J connectivity index is 1.63. The molecule has 2 aromatic rings. The van der Waals surface area contributed by atoms with Crippen molar-refractivity contribution in [1.82, 2.24) is 10.2 Å². The molecule has 0 radical (unpaired) electrons. The molecular weight excluding hydrogens is 319 g/mol. The van der Waals surface area contributed by atoms with Crippen LogP contribution in [0.5, 0.6) is 0 Å². The Hall–Kier alpha value is -2.40. The predicted octanol–water partition coefficient (Wildman–Crippen LogP) is 3.72. The van der Waals surface area contributed by atoms with E-state index in [2.05, 4.69) is 5.32 Å². The number of halogens is 1. The highest BCUT2D eigenvalue weighted by molar-refractivity contribution is 5.75. The lowest BCUT2D eigenvalue weighted by Crippen LogP contribution is -2.41. The largest absolute Gasteiger partial charge is 0.388 e. The van der Waals surface area contributed by atoms with Crippen LogP contribution in [0.25, 0.3) is 11.1 Å². The van der Waals surface area contributed by atoms with Gasteiger partial charge in [0.15, 0.2) is 0 Å². The first-order valence-corrected chi connectivity index (χ1v) is 8.48. The smallest absolute Gasteiger partial charge is 0.317 e. The van der Waals surface area contributed by atoms with Gasteiger partial charge in [-0.15, -0.1) is 0 Å². The second kappa shape index (κ2) is 6.84. The van der Waals surface area contributed by atoms with Crippen LogP contribution in [-0.4, -0.2) is 34.7 Å². The summed E-state index contributed by atoms with van der Waals surface area (Å²) in [6, 6.07) is 13.9. The molecule has 3 rings (SSSR count). The number of carbonyl (C=O) groups excluding carboxylic acids is 1. The molecule has 0 saturated carbocycles. The lowest BCUT2D eigenvalue weighted by Gasteiger charge is -2.22. The maximum atomic E-state index is 13.0. The van der Waals surface area contributed by atoms with Crippen molar-refractivity contribution in [2.45, 2.75) is 31.9 Å². The van der Waals surface area contributed by atoms with Gasteiger partial charge in [-0.1, -0.05) is 36.4 Å². The van der Waals surface area contributed by atoms with Gasteiger partial charge in [-0.2, -0.15) is 0 Å². The van der Waals surface area contributed by atoms with Crippen molar-refractivity contribution in [3.05, 3.63) is 59.9 Å². The molecule has 2 aromatic carbocycles. The molecule has 1 saturated heterocycles. The van der Waals surface area contributed by atoms with E-state index in [-0.39, 0.29) is 17.9 Å². The Morgan fingerprint density at radius 3 is 2.24 bits per heavy atom. The van der Waals surface area contributed by atoms with Crippen molar-refractivity contribution >= 4 is 6.03 Å². The standard InChI is InChI=1S/C20H23FN2O2/c1-14(22-19(24)23-12-11-20(2,25)13-23)15-3-5-16(6-4-15)17-7-9-18(21)10-8-17/h3-10,14,25H,11-13H2,1-2H3,(H,22,24). The monoisotopic (exact) mass is 342 g/mol. The second-order valence-electron chi connectivity index (χ2n) is 6.97. The third-order valence-electron chi connectivity index (χ3n) is 4.67. The van der Waals surface area contributed by atoms with Crippen LogP contribution in [0, 0.1) is 5.82 Å². The Bertz CT molecular complexity index is 741. The van der Waals surface area contributed by atoms with Gasteiger partial charge in [0.25, 0.3) is 0 Å². The maximum Gasteiger partial charge on any atom is 0.317 e. The molecule has 2 atom stereocenters. The Kier molecular flexibility index (Phi) is 4.77. The first-order chi connectivity index (χ1) is 11.8. The first-order valence-electron chi connectivity index (χ1n) is 8.48. The van der Waals surface area contributed by atoms with Crippen molar-refractivity contribution < 1.29 is 14.3 Å². The molecule has 0 bridgehead atoms. The van der Waals surface area contributed by atoms with Crippen LogP contribution in [0.15, 0.2) is 48.5 Å². The van der Waals surface area contributed by atoms with Gasteiger partial charge < -0.3 is 15.3 Å². The fourth-order valence-electron chi connectivity index (χ4n) is 3.08. The lowest BCUT2D eigenvalue weighted by atomic mass is 10.0. The summed E-state index contributed by atoms with van der Waals surface area (Å²) in [5, 5.41) is 12.9. The zero-order valence-electron chi connectivity index (χ0n) is 14.5. The number of carbonyl (C=O) groups is 1. The van der Waals surface area contributed by atoms with Gasteiger partial charge in [0.2, 0.25) is 0 Å². The first kappa shape index (κ1) is 17.4. The number of β-amino-alcohol motifs (C(OH)–C–C–N with tert-alkyl or cyclic N) is 1. The van der Waals surface area contributed by atoms with E-state index in [4.69, 9.17) is 0 Å². The highest BCUT2D eigenvalue weighted by Gasteiger charge is 2.34. The van der Waals surface area contributed by atoms with E-state index in [0.717, 1.165) is 16.7 Å². The zero-order valence-corrected chi connectivity index (χ0v) is 14.5. The Morgan fingerprint density at radius 2 is 1.72 bits per heavy atom. The van der Waals surface area contributed by atoms with E-state index in [9.17, 15) is 14.3 Å². The number of likely N-dealkylation sites (tertiary alicyclic amines) is 1. The minimum Gasteiger partial charge on any atom is -0.388 e. The minimum atomic E-state index is -0.794. The molecule has 132 valence electrons. The highest BCUT2D eigenvalue weighted by atomic mass is 19.1. The van der Waals surface area contributed by atoms with Crippen molar-refractivity contribution in [2.75, 3.05) is 13.1 Å². The van der Waals surface area contributed by atoms with Gasteiger partial charge in [0, 0.05) is 6.54 Å². The zero-order chi connectivity index (χ0) is 18.0. The quantitative estimate of drug-likeness (QED) is 0.893. The van der Waals surface area contributed by atoms with Gasteiger partial charge in [-0.3, -0.25) is 0 Å². The van der Waals surface area contributed by atoms with E-state index in [1.54, 1.807) is 24.0 Å². The number of nitrogens with one attached hydrogen (secondary N) is 1. The summed E-state index contributed by atoms with van der Waals surface area (Å²) in [7, 11) is 0. The van der Waals surface area contributed by atoms with Crippen LogP contribution in [0.1, 0.15) is 31.9 Å². The van der Waals surface area contributed by atoms with Crippen LogP contribution < -0.4 is 5.32 Å². The fourth-order valence-corrected chi connectivity index (χ4v) is 3.08. The van der Waals surface area contributed by atoms with E-state index < -0.39 is 5.60 Å². The third-order valence-corrected chi connectivity index (χ3v) is 4.67. The molecule has 1 aliphatic heterocycles. The van der Waals surface area contributed by atoms with Crippen molar-refractivity contribution in [2.24, 2.45) is 0 Å². The summed E-state index contributed by atoms with van der Waals surface area (Å²) in [5.74, 6) is -0.252. The average Bonchev–Trinajstić information content (AvgIpc) is 2.96. The molecule has 1 heterocycles. The molecule has 1 aliphatic rings. The van der Waals surface area contributed by atoms with Crippen LogP contribution in [0.4, 0.5) is 9.18 Å². The summed E-state index contributed by atoms with van der Waals surface area (Å²) < 4.78 is 13.0. The molecular formula is C20H23FN2O2. The maximum absolute atomic E-state index is 13.0. The van der Waals surface area contributed by atoms with Gasteiger partial charge in [0.05, 0.1) is 18.2 Å². The molecule has 0 spiro atoms. The number of rotatable bonds is 3. The summed E-state index contributed by atoms with van der Waals surface area (Å²) in [6.07, 6.45) is 0.598. The van der Waals surface area contributed by atoms with Crippen LogP contribution in [-0.2, 0) is 0 Å². The predicted molar refractivity (Wildman–Crippen MR) is 95.6 cm³/mol. The SMILES string of the molecule is CC(NC(=O)N1CCC(C)(O)C1)c1ccc(-c2ccc(F)cc2)cc1. The molecule has 2 unspecified atom stereocenters. The Labute approximate surface area is 147 Å². The molecule has 25 heavy (non-hydrogen) atoms. The van der Waals surface area contributed by atoms with Gasteiger partial charge in [-0.25, -0.2) is 9.18 Å². The number of aliphatic hydroxyl groups is 1. The number of hydrogen-bond donors (Lipinski definition) is 2. The molecule has 2 amide bonds. The van der Waals surface area contributed by atoms with E-state index in [1.807, 2.05) is 31.2 Å². The number of benzene rings is 2. The summed E-state index contributed by atoms with van der Waals surface area (Å²) in [4.78, 5) is 13.9. The van der Waals surface area contributed by atoms with E-state index in [0.29, 0.717) is 19.5 Å². The van der Waals surface area contributed by atoms with Crippen LogP contribution in [0.2, 0.25) is 0 Å². The molecule has 0 aromatic heterocycles. The Morgan fingerprint density at radius 1 is 1.16 bits per heavy atom. The number of nitrogens with zero attached hydrogens (tertiary/aromatic N) is 1. The molecule has 4 nitrogen and oxygen atoms in total. The van der Waals surface area contributed by atoms with Gasteiger partial charge in [-0.05, 0) is 49.1 Å². The second-order valence-corrected chi connectivity index (χ2v) is 6.97.